The summed E-state index contributed by atoms with van der Waals surface area (Å²) in [6, 6.07) is 5.22. The fraction of sp³-hybridized carbons (Fsp3) is 0.300. The van der Waals surface area contributed by atoms with Gasteiger partial charge in [-0.25, -0.2) is 14.8 Å². The Kier molecular flexibility index (Phi) is 7.15. The summed E-state index contributed by atoms with van der Waals surface area (Å²) in [6.45, 7) is 1.80. The summed E-state index contributed by atoms with van der Waals surface area (Å²) in [4.78, 5) is 49.9. The molecule has 13 nitrogen and oxygen atoms in total. The van der Waals surface area contributed by atoms with Gasteiger partial charge in [-0.05, 0) is 30.7 Å². The number of carboxylic acid groups (broad SMARTS) is 1. The van der Waals surface area contributed by atoms with Gasteiger partial charge in [-0.15, -0.1) is 0 Å². The molecule has 13 heteroatoms. The molecule has 0 saturated heterocycles. The van der Waals surface area contributed by atoms with E-state index in [4.69, 9.17) is 5.73 Å². The minimum atomic E-state index is -1.96. The van der Waals surface area contributed by atoms with Crippen LogP contribution < -0.4 is 21.9 Å². The number of aromatic amines is 1. The summed E-state index contributed by atoms with van der Waals surface area (Å²) in [5, 5.41) is 33.9. The number of rotatable bonds is 9. The Morgan fingerprint density at radius 1 is 1.15 bits per heavy atom. The highest BCUT2D eigenvalue weighted by molar-refractivity contribution is 5.96. The molecule has 0 bridgehead atoms. The molecule has 1 atom stereocenters. The van der Waals surface area contributed by atoms with Crippen molar-refractivity contribution in [3.05, 3.63) is 51.6 Å². The van der Waals surface area contributed by atoms with Crippen molar-refractivity contribution in [1.29, 1.82) is 0 Å². The van der Waals surface area contributed by atoms with Crippen LogP contribution in [0.3, 0.4) is 0 Å². The van der Waals surface area contributed by atoms with E-state index < -0.39 is 29.8 Å². The normalized spacial score (nSPS) is 12.0. The molecule has 1 unspecified atom stereocenters. The van der Waals surface area contributed by atoms with Gasteiger partial charge in [-0.3, -0.25) is 14.6 Å². The summed E-state index contributed by atoms with van der Waals surface area (Å²) in [5.41, 5.74) is 5.36. The summed E-state index contributed by atoms with van der Waals surface area (Å²) < 4.78 is 0. The van der Waals surface area contributed by atoms with Gasteiger partial charge >= 0.3 is 5.97 Å². The first kappa shape index (κ1) is 23.6. The molecule has 0 aliphatic carbocycles. The predicted molar refractivity (Wildman–Crippen MR) is 117 cm³/mol. The standard InChI is InChI=1S/C20H23N7O6/c1-2-3-11(18(30)31)24-16(28)9-4-6-10(7-5-9)22-8-12-13(19(32)33)25-15-14(23-12)17(29)27-20(21)26-15/h4-7,11,19,22,32-33H,2-3,8H2,1H3,(H,24,28)(H,30,31)(H3,21,25,26,27,29). The Balaban J connectivity index is 1.76. The second kappa shape index (κ2) is 10.0. The van der Waals surface area contributed by atoms with Crippen molar-refractivity contribution < 1.29 is 24.9 Å². The van der Waals surface area contributed by atoms with Crippen molar-refractivity contribution in [3.63, 3.8) is 0 Å². The number of nitrogen functional groups attached to an aromatic ring is 1. The second-order valence-electron chi connectivity index (χ2n) is 7.14. The number of anilines is 2. The molecule has 0 saturated carbocycles. The third kappa shape index (κ3) is 5.58. The first-order chi connectivity index (χ1) is 15.7. The maximum Gasteiger partial charge on any atom is 0.326 e. The predicted octanol–water partition coefficient (Wildman–Crippen LogP) is -0.126. The zero-order valence-electron chi connectivity index (χ0n) is 17.6. The monoisotopic (exact) mass is 457 g/mol. The third-order valence-corrected chi connectivity index (χ3v) is 4.70. The van der Waals surface area contributed by atoms with Gasteiger partial charge in [0.05, 0.1) is 12.2 Å². The molecule has 8 N–H and O–H groups in total. The number of carbonyl (C=O) groups excluding carboxylic acids is 1. The second-order valence-corrected chi connectivity index (χ2v) is 7.14. The average Bonchev–Trinajstić information content (AvgIpc) is 2.77. The Hall–Kier alpha value is -4.10. The lowest BCUT2D eigenvalue weighted by Crippen LogP contribution is -2.40. The van der Waals surface area contributed by atoms with Gasteiger partial charge in [0.2, 0.25) is 5.95 Å². The first-order valence-electron chi connectivity index (χ1n) is 9.99. The maximum atomic E-state index is 12.3. The lowest BCUT2D eigenvalue weighted by Gasteiger charge is -2.14. The van der Waals surface area contributed by atoms with Crippen molar-refractivity contribution >= 4 is 34.7 Å². The summed E-state index contributed by atoms with van der Waals surface area (Å²) in [6.07, 6.45) is -1.04. The van der Waals surface area contributed by atoms with E-state index in [0.717, 1.165) is 0 Å². The number of fused-ring (bicyclic) bond motifs is 1. The fourth-order valence-electron chi connectivity index (χ4n) is 3.07. The molecular formula is C20H23N7O6. The fourth-order valence-corrected chi connectivity index (χ4v) is 3.07. The molecule has 1 amide bonds. The number of nitrogens with zero attached hydrogens (tertiary/aromatic N) is 3. The van der Waals surface area contributed by atoms with Crippen LogP contribution >= 0.6 is 0 Å². The van der Waals surface area contributed by atoms with Crippen LogP contribution in [0.25, 0.3) is 11.2 Å². The number of nitrogens with one attached hydrogen (secondary N) is 3. The Labute approximate surface area is 186 Å². The number of carbonyl (C=O) groups is 2. The van der Waals surface area contributed by atoms with Crippen molar-refractivity contribution in [2.24, 2.45) is 0 Å². The first-order valence-corrected chi connectivity index (χ1v) is 9.99. The zero-order valence-corrected chi connectivity index (χ0v) is 17.6. The van der Waals surface area contributed by atoms with Crippen LogP contribution in [0.5, 0.6) is 0 Å². The summed E-state index contributed by atoms with van der Waals surface area (Å²) in [5.74, 6) is -1.79. The average molecular weight is 457 g/mol. The number of aromatic nitrogens is 4. The van der Waals surface area contributed by atoms with Crippen LogP contribution in [0.1, 0.15) is 47.8 Å². The smallest absolute Gasteiger partial charge is 0.326 e. The van der Waals surface area contributed by atoms with E-state index in [-0.39, 0.29) is 40.6 Å². The van der Waals surface area contributed by atoms with Crippen LogP contribution in [0.4, 0.5) is 11.6 Å². The Morgan fingerprint density at radius 3 is 2.45 bits per heavy atom. The number of aliphatic hydroxyl groups excluding tert-OH is 1. The van der Waals surface area contributed by atoms with Gasteiger partial charge in [0.1, 0.15) is 11.7 Å². The number of benzene rings is 1. The number of hydrogen-bond acceptors (Lipinski definition) is 10. The lowest BCUT2D eigenvalue weighted by molar-refractivity contribution is -0.139. The SMILES string of the molecule is CCCC(NC(=O)c1ccc(NCc2nc3c(=O)[nH]c(N)nc3nc2C(O)O)cc1)C(=O)O. The molecule has 1 aromatic carbocycles. The van der Waals surface area contributed by atoms with Crippen molar-refractivity contribution in [2.75, 3.05) is 11.1 Å². The number of carboxylic acids is 1. The van der Waals surface area contributed by atoms with Gasteiger partial charge in [0.25, 0.3) is 11.5 Å². The minimum Gasteiger partial charge on any atom is -0.480 e. The van der Waals surface area contributed by atoms with Crippen LogP contribution in [-0.2, 0) is 11.3 Å². The molecule has 2 aromatic heterocycles. The Bertz CT molecular complexity index is 1230. The number of aliphatic carboxylic acids is 1. The minimum absolute atomic E-state index is 0.0250. The maximum absolute atomic E-state index is 12.3. The van der Waals surface area contributed by atoms with E-state index in [9.17, 15) is 29.7 Å². The van der Waals surface area contributed by atoms with Crippen LogP contribution in [0, 0.1) is 0 Å². The van der Waals surface area contributed by atoms with Gasteiger partial charge in [-0.1, -0.05) is 13.3 Å². The molecule has 0 fully saturated rings. The highest BCUT2D eigenvalue weighted by atomic mass is 16.5. The highest BCUT2D eigenvalue weighted by Gasteiger charge is 2.20. The number of hydrogen-bond donors (Lipinski definition) is 7. The van der Waals surface area contributed by atoms with Gasteiger partial charge in [0, 0.05) is 11.3 Å². The number of aliphatic hydroxyl groups is 2. The van der Waals surface area contributed by atoms with Crippen molar-refractivity contribution in [1.82, 2.24) is 25.3 Å². The largest absolute Gasteiger partial charge is 0.480 e. The van der Waals surface area contributed by atoms with E-state index in [1.165, 1.54) is 12.1 Å². The van der Waals surface area contributed by atoms with E-state index in [1.807, 2.05) is 6.92 Å². The van der Waals surface area contributed by atoms with Crippen molar-refractivity contribution in [3.8, 4) is 0 Å². The van der Waals surface area contributed by atoms with Gasteiger partial charge < -0.3 is 31.7 Å². The van der Waals surface area contributed by atoms with Gasteiger partial charge in [0.15, 0.2) is 17.5 Å². The molecule has 3 rings (SSSR count). The molecule has 3 aromatic rings. The molecule has 33 heavy (non-hydrogen) atoms. The zero-order chi connectivity index (χ0) is 24.1. The quantitative estimate of drug-likeness (QED) is 0.210. The van der Waals surface area contributed by atoms with Gasteiger partial charge in [-0.2, -0.15) is 4.98 Å². The number of amides is 1. The number of nitrogens with two attached hydrogens (primary N) is 1. The molecule has 0 spiro atoms. The van der Waals surface area contributed by atoms with E-state index >= 15 is 0 Å². The summed E-state index contributed by atoms with van der Waals surface area (Å²) in [7, 11) is 0. The molecule has 0 radical (unpaired) electrons. The van der Waals surface area contributed by atoms with E-state index in [0.29, 0.717) is 18.5 Å². The Morgan fingerprint density at radius 2 is 1.85 bits per heavy atom. The highest BCUT2D eigenvalue weighted by Crippen LogP contribution is 2.17. The van der Waals surface area contributed by atoms with Crippen molar-refractivity contribution in [2.45, 2.75) is 38.6 Å². The topological polar surface area (TPSA) is 216 Å². The van der Waals surface area contributed by atoms with Crippen LogP contribution in [-0.4, -0.2) is 53.2 Å². The lowest BCUT2D eigenvalue weighted by atomic mass is 10.1. The summed E-state index contributed by atoms with van der Waals surface area (Å²) >= 11 is 0. The van der Waals surface area contributed by atoms with Crippen LogP contribution in [0.2, 0.25) is 0 Å². The van der Waals surface area contributed by atoms with E-state index in [1.54, 1.807) is 12.1 Å². The number of H-pyrrole nitrogens is 1. The molecule has 174 valence electrons. The molecular weight excluding hydrogens is 434 g/mol. The van der Waals surface area contributed by atoms with E-state index in [2.05, 4.69) is 30.6 Å². The molecule has 0 aliphatic heterocycles. The third-order valence-electron chi connectivity index (χ3n) is 4.70. The molecule has 2 heterocycles. The van der Waals surface area contributed by atoms with Crippen LogP contribution in [0.15, 0.2) is 29.1 Å². The molecule has 0 aliphatic rings.